The third kappa shape index (κ3) is 2.08. The minimum Gasteiger partial charge on any atom is -0.281 e. The largest absolute Gasteiger partial charge is 0.281 e. The highest BCUT2D eigenvalue weighted by Gasteiger charge is 2.05. The summed E-state index contributed by atoms with van der Waals surface area (Å²) in [4.78, 5) is 0. The smallest absolute Gasteiger partial charge is 0.0920 e. The van der Waals surface area contributed by atoms with E-state index in [2.05, 4.69) is 23.2 Å². The standard InChI is InChI=1S/C11H16N2/c1-4-7-9-10(6-3)12-13-11(9)8-5-2/h4-5,7-8H,6H2,1-3H3,(H,12,13)/b7-4-,8-5-. The predicted molar refractivity (Wildman–Crippen MR) is 57.4 cm³/mol. The zero-order chi connectivity index (χ0) is 9.68. The summed E-state index contributed by atoms with van der Waals surface area (Å²) in [5.41, 5.74) is 3.44. The molecule has 0 aliphatic carbocycles. The molecule has 0 amide bonds. The van der Waals surface area contributed by atoms with E-state index in [1.165, 1.54) is 11.3 Å². The highest BCUT2D eigenvalue weighted by atomic mass is 15.1. The van der Waals surface area contributed by atoms with E-state index in [9.17, 15) is 0 Å². The Morgan fingerprint density at radius 2 is 1.92 bits per heavy atom. The molecule has 1 rings (SSSR count). The number of aromatic nitrogens is 2. The molecular weight excluding hydrogens is 160 g/mol. The van der Waals surface area contributed by atoms with Crippen LogP contribution in [0.4, 0.5) is 0 Å². The van der Waals surface area contributed by atoms with Crippen molar-refractivity contribution < 1.29 is 0 Å². The van der Waals surface area contributed by atoms with Gasteiger partial charge in [-0.05, 0) is 26.3 Å². The van der Waals surface area contributed by atoms with Crippen molar-refractivity contribution in [3.8, 4) is 0 Å². The Balaban J connectivity index is 3.13. The second-order valence-corrected chi connectivity index (χ2v) is 2.85. The van der Waals surface area contributed by atoms with Gasteiger partial charge < -0.3 is 0 Å². The van der Waals surface area contributed by atoms with Crippen LogP contribution in [0.15, 0.2) is 12.2 Å². The van der Waals surface area contributed by atoms with Crippen LogP contribution in [-0.2, 0) is 6.42 Å². The summed E-state index contributed by atoms with van der Waals surface area (Å²) in [6.07, 6.45) is 9.15. The monoisotopic (exact) mass is 176 g/mol. The molecule has 0 spiro atoms. The fourth-order valence-corrected chi connectivity index (χ4v) is 1.31. The summed E-state index contributed by atoms with van der Waals surface area (Å²) in [5.74, 6) is 0. The Kier molecular flexibility index (Phi) is 3.50. The highest BCUT2D eigenvalue weighted by molar-refractivity contribution is 5.64. The van der Waals surface area contributed by atoms with E-state index in [1.54, 1.807) is 0 Å². The average molecular weight is 176 g/mol. The molecule has 0 aliphatic rings. The third-order valence-corrected chi connectivity index (χ3v) is 1.92. The van der Waals surface area contributed by atoms with Gasteiger partial charge in [-0.15, -0.1) is 0 Å². The molecule has 0 fully saturated rings. The van der Waals surface area contributed by atoms with Crippen molar-refractivity contribution in [3.05, 3.63) is 29.1 Å². The topological polar surface area (TPSA) is 28.7 Å². The zero-order valence-electron chi connectivity index (χ0n) is 8.46. The maximum absolute atomic E-state index is 4.23. The van der Waals surface area contributed by atoms with Crippen molar-refractivity contribution >= 4 is 12.2 Å². The Morgan fingerprint density at radius 1 is 1.23 bits per heavy atom. The number of rotatable bonds is 3. The SMILES string of the molecule is C/C=C\c1n[nH]c(CC)c1/C=C\C. The van der Waals surface area contributed by atoms with Crippen LogP contribution in [0.5, 0.6) is 0 Å². The highest BCUT2D eigenvalue weighted by Crippen LogP contribution is 2.15. The van der Waals surface area contributed by atoms with Crippen LogP contribution in [-0.4, -0.2) is 10.2 Å². The molecule has 0 atom stereocenters. The van der Waals surface area contributed by atoms with E-state index in [0.29, 0.717) is 0 Å². The number of aryl methyl sites for hydroxylation is 1. The van der Waals surface area contributed by atoms with Gasteiger partial charge in [0.1, 0.15) is 0 Å². The van der Waals surface area contributed by atoms with Gasteiger partial charge in [-0.25, -0.2) is 0 Å². The van der Waals surface area contributed by atoms with Crippen LogP contribution >= 0.6 is 0 Å². The van der Waals surface area contributed by atoms with Crippen molar-refractivity contribution in [1.82, 2.24) is 10.2 Å². The molecule has 0 bridgehead atoms. The average Bonchev–Trinajstić information content (AvgIpc) is 2.50. The number of H-pyrrole nitrogens is 1. The summed E-state index contributed by atoms with van der Waals surface area (Å²) in [6.45, 7) is 6.14. The minimum atomic E-state index is 0.990. The maximum Gasteiger partial charge on any atom is 0.0920 e. The summed E-state index contributed by atoms with van der Waals surface area (Å²) in [5, 5.41) is 7.27. The van der Waals surface area contributed by atoms with Gasteiger partial charge in [-0.2, -0.15) is 5.10 Å². The van der Waals surface area contributed by atoms with Crippen LogP contribution in [0, 0.1) is 0 Å². The van der Waals surface area contributed by atoms with E-state index in [4.69, 9.17) is 0 Å². The molecule has 1 heterocycles. The minimum absolute atomic E-state index is 0.990. The van der Waals surface area contributed by atoms with Crippen molar-refractivity contribution in [2.24, 2.45) is 0 Å². The zero-order valence-corrected chi connectivity index (χ0v) is 8.46. The lowest BCUT2D eigenvalue weighted by atomic mass is 10.1. The molecule has 0 aliphatic heterocycles. The number of nitrogens with zero attached hydrogens (tertiary/aromatic N) is 1. The second-order valence-electron chi connectivity index (χ2n) is 2.85. The van der Waals surface area contributed by atoms with E-state index in [0.717, 1.165) is 12.1 Å². The summed E-state index contributed by atoms with van der Waals surface area (Å²) >= 11 is 0. The molecule has 13 heavy (non-hydrogen) atoms. The fourth-order valence-electron chi connectivity index (χ4n) is 1.31. The molecule has 0 unspecified atom stereocenters. The number of hydrogen-bond acceptors (Lipinski definition) is 1. The second kappa shape index (κ2) is 4.65. The molecule has 0 aromatic carbocycles. The van der Waals surface area contributed by atoms with Crippen LogP contribution in [0.1, 0.15) is 37.7 Å². The van der Waals surface area contributed by atoms with Crippen molar-refractivity contribution in [3.63, 3.8) is 0 Å². The summed E-state index contributed by atoms with van der Waals surface area (Å²) < 4.78 is 0. The lowest BCUT2D eigenvalue weighted by molar-refractivity contribution is 0.970. The van der Waals surface area contributed by atoms with Gasteiger partial charge in [-0.3, -0.25) is 5.10 Å². The molecule has 1 N–H and O–H groups in total. The third-order valence-electron chi connectivity index (χ3n) is 1.92. The Morgan fingerprint density at radius 3 is 2.46 bits per heavy atom. The normalized spacial score (nSPS) is 11.9. The van der Waals surface area contributed by atoms with Gasteiger partial charge in [-0.1, -0.05) is 25.2 Å². The molecule has 0 saturated carbocycles. The molecule has 0 radical (unpaired) electrons. The Labute approximate surface area is 79.4 Å². The van der Waals surface area contributed by atoms with Crippen LogP contribution in [0.3, 0.4) is 0 Å². The molecule has 0 saturated heterocycles. The Hall–Kier alpha value is -1.31. The number of aromatic amines is 1. The maximum atomic E-state index is 4.23. The molecule has 70 valence electrons. The van der Waals surface area contributed by atoms with Gasteiger partial charge in [0.25, 0.3) is 0 Å². The van der Waals surface area contributed by atoms with Crippen molar-refractivity contribution in [1.29, 1.82) is 0 Å². The van der Waals surface area contributed by atoms with E-state index in [1.807, 2.05) is 32.1 Å². The van der Waals surface area contributed by atoms with Gasteiger partial charge in [0.15, 0.2) is 0 Å². The summed E-state index contributed by atoms with van der Waals surface area (Å²) in [7, 11) is 0. The first-order chi connectivity index (χ1) is 6.33. The molecular formula is C11H16N2. The van der Waals surface area contributed by atoms with E-state index < -0.39 is 0 Å². The van der Waals surface area contributed by atoms with E-state index in [-0.39, 0.29) is 0 Å². The van der Waals surface area contributed by atoms with Crippen LogP contribution in [0.2, 0.25) is 0 Å². The summed E-state index contributed by atoms with van der Waals surface area (Å²) in [6, 6.07) is 0. The first-order valence-electron chi connectivity index (χ1n) is 4.66. The van der Waals surface area contributed by atoms with Gasteiger partial charge >= 0.3 is 0 Å². The first kappa shape index (κ1) is 9.78. The Bertz CT molecular complexity index is 319. The quantitative estimate of drug-likeness (QED) is 0.753. The fraction of sp³-hybridized carbons (Fsp3) is 0.364. The van der Waals surface area contributed by atoms with E-state index >= 15 is 0 Å². The lowest BCUT2D eigenvalue weighted by Crippen LogP contribution is -1.83. The molecule has 1 aromatic heterocycles. The first-order valence-corrected chi connectivity index (χ1v) is 4.66. The van der Waals surface area contributed by atoms with Crippen LogP contribution < -0.4 is 0 Å². The molecule has 2 heteroatoms. The number of allylic oxidation sites excluding steroid dienone is 2. The lowest BCUT2D eigenvalue weighted by Gasteiger charge is -1.93. The number of hydrogen-bond donors (Lipinski definition) is 1. The van der Waals surface area contributed by atoms with Gasteiger partial charge in [0, 0.05) is 11.3 Å². The van der Waals surface area contributed by atoms with Crippen LogP contribution in [0.25, 0.3) is 12.2 Å². The molecule has 2 nitrogen and oxygen atoms in total. The predicted octanol–water partition coefficient (Wildman–Crippen LogP) is 3.04. The number of nitrogens with one attached hydrogen (secondary N) is 1. The molecule has 1 aromatic rings. The van der Waals surface area contributed by atoms with Crippen molar-refractivity contribution in [2.45, 2.75) is 27.2 Å². The van der Waals surface area contributed by atoms with Gasteiger partial charge in [0.2, 0.25) is 0 Å². The van der Waals surface area contributed by atoms with Crippen molar-refractivity contribution in [2.75, 3.05) is 0 Å². The van der Waals surface area contributed by atoms with Gasteiger partial charge in [0.05, 0.1) is 5.69 Å².